The summed E-state index contributed by atoms with van der Waals surface area (Å²) in [4.78, 5) is 12.8. The number of nitrogens with one attached hydrogen (secondary N) is 1. The zero-order chi connectivity index (χ0) is 23.3. The molecule has 1 heterocycles. The first kappa shape index (κ1) is 24.7. The Hall–Kier alpha value is -1.94. The second-order valence-electron chi connectivity index (χ2n) is 8.07. The fraction of sp³-hybridized carbons (Fsp3) is 0.346. The lowest BCUT2D eigenvalue weighted by Crippen LogP contribution is -2.30. The largest absolute Gasteiger partial charge is 0.352 e. The number of carbonyl (C=O) groups is 1. The molecule has 0 spiro atoms. The molecule has 32 heavy (non-hydrogen) atoms. The van der Waals surface area contributed by atoms with Crippen molar-refractivity contribution < 1.29 is 4.79 Å². The zero-order valence-corrected chi connectivity index (χ0v) is 21.0. The predicted molar refractivity (Wildman–Crippen MR) is 136 cm³/mol. The summed E-state index contributed by atoms with van der Waals surface area (Å²) in [5.74, 6) is 0.187. The lowest BCUT2D eigenvalue weighted by Gasteiger charge is -2.16. The fourth-order valence-corrected chi connectivity index (χ4v) is 4.69. The first-order chi connectivity index (χ1) is 15.3. The first-order valence-electron chi connectivity index (χ1n) is 11.1. The molecule has 0 fully saturated rings. The minimum atomic E-state index is 0.0637. The zero-order valence-electron chi connectivity index (χ0n) is 18.7. The van der Waals surface area contributed by atoms with Gasteiger partial charge in [-0.25, -0.2) is 0 Å². The maximum absolute atomic E-state index is 12.8. The summed E-state index contributed by atoms with van der Waals surface area (Å²) in [5, 5.41) is 4.99. The molecule has 6 heteroatoms. The van der Waals surface area contributed by atoms with Crippen molar-refractivity contribution in [3.63, 3.8) is 0 Å². The summed E-state index contributed by atoms with van der Waals surface area (Å²) in [7, 11) is 0. The Labute approximate surface area is 205 Å². The molecule has 3 aromatic rings. The van der Waals surface area contributed by atoms with Crippen LogP contribution in [0.2, 0.25) is 15.1 Å². The smallest absolute Gasteiger partial charge is 0.223 e. The van der Waals surface area contributed by atoms with Crippen LogP contribution < -0.4 is 5.32 Å². The molecule has 1 amide bonds. The van der Waals surface area contributed by atoms with Crippen molar-refractivity contribution in [2.45, 2.75) is 53.0 Å². The van der Waals surface area contributed by atoms with Gasteiger partial charge in [-0.15, -0.1) is 0 Å². The molecule has 0 aliphatic carbocycles. The number of halogens is 3. The highest BCUT2D eigenvalue weighted by molar-refractivity contribution is 6.35. The summed E-state index contributed by atoms with van der Waals surface area (Å²) in [6, 6.07) is 15.3. The van der Waals surface area contributed by atoms with Crippen molar-refractivity contribution >= 4 is 40.7 Å². The van der Waals surface area contributed by atoms with Gasteiger partial charge in [-0.1, -0.05) is 73.6 Å². The van der Waals surface area contributed by atoms with Crippen LogP contribution >= 0.6 is 34.8 Å². The molecular formula is C26H29Cl3N2O. The molecule has 1 aromatic heterocycles. The van der Waals surface area contributed by atoms with Crippen LogP contribution in [-0.4, -0.2) is 10.5 Å². The number of hydrogen-bond donors (Lipinski definition) is 1. The number of benzene rings is 2. The van der Waals surface area contributed by atoms with Crippen LogP contribution in [0.3, 0.4) is 0 Å². The highest BCUT2D eigenvalue weighted by Crippen LogP contribution is 2.34. The Morgan fingerprint density at radius 1 is 0.938 bits per heavy atom. The molecule has 0 radical (unpaired) electrons. The quantitative estimate of drug-likeness (QED) is 0.321. The van der Waals surface area contributed by atoms with E-state index in [9.17, 15) is 4.79 Å². The summed E-state index contributed by atoms with van der Waals surface area (Å²) in [6.45, 7) is 6.75. The second-order valence-corrected chi connectivity index (χ2v) is 9.35. The highest BCUT2D eigenvalue weighted by Gasteiger charge is 2.20. The van der Waals surface area contributed by atoms with Crippen LogP contribution in [0.4, 0.5) is 0 Å². The van der Waals surface area contributed by atoms with Crippen LogP contribution in [0.25, 0.3) is 16.9 Å². The standard InChI is InChI=1S/C26H29Cl3N2O/c1-4-6-19(7-5-2)26(32)30-16-20-14-25(18-8-10-21(27)11-9-18)31(17(20)3)24-13-12-22(28)15-23(24)29/h8-15,19H,4-7,16H2,1-3H3,(H,30,32). The number of amides is 1. The Kier molecular flexibility index (Phi) is 8.70. The van der Waals surface area contributed by atoms with Crippen molar-refractivity contribution in [1.29, 1.82) is 0 Å². The van der Waals surface area contributed by atoms with Crippen molar-refractivity contribution in [3.05, 3.63) is 74.9 Å². The van der Waals surface area contributed by atoms with Crippen molar-refractivity contribution in [2.75, 3.05) is 0 Å². The average Bonchev–Trinajstić information content (AvgIpc) is 3.08. The van der Waals surface area contributed by atoms with Crippen molar-refractivity contribution in [3.8, 4) is 16.9 Å². The second kappa shape index (κ2) is 11.3. The van der Waals surface area contributed by atoms with E-state index >= 15 is 0 Å². The highest BCUT2D eigenvalue weighted by atomic mass is 35.5. The molecule has 170 valence electrons. The molecule has 0 saturated heterocycles. The Bertz CT molecular complexity index is 1070. The van der Waals surface area contributed by atoms with Gasteiger partial charge < -0.3 is 9.88 Å². The van der Waals surface area contributed by atoms with Crippen molar-refractivity contribution in [1.82, 2.24) is 9.88 Å². The van der Waals surface area contributed by atoms with Gasteiger partial charge in [0.25, 0.3) is 0 Å². The number of aromatic nitrogens is 1. The van der Waals surface area contributed by atoms with Crippen molar-refractivity contribution in [2.24, 2.45) is 5.92 Å². The number of rotatable bonds is 9. The molecule has 0 atom stereocenters. The number of nitrogens with zero attached hydrogens (tertiary/aromatic N) is 1. The topological polar surface area (TPSA) is 34.0 Å². The van der Waals surface area contributed by atoms with Crippen LogP contribution in [0.15, 0.2) is 48.5 Å². The molecule has 3 nitrogen and oxygen atoms in total. The minimum absolute atomic E-state index is 0.0637. The molecule has 2 aromatic carbocycles. The van der Waals surface area contributed by atoms with Gasteiger partial charge >= 0.3 is 0 Å². The first-order valence-corrected chi connectivity index (χ1v) is 12.2. The summed E-state index contributed by atoms with van der Waals surface area (Å²) in [5.41, 5.74) is 4.89. The maximum Gasteiger partial charge on any atom is 0.223 e. The summed E-state index contributed by atoms with van der Waals surface area (Å²) in [6.07, 6.45) is 3.83. The van der Waals surface area contributed by atoms with Crippen LogP contribution in [0.1, 0.15) is 50.8 Å². The van der Waals surface area contributed by atoms with Gasteiger partial charge in [0.15, 0.2) is 0 Å². The van der Waals surface area contributed by atoms with Crippen LogP contribution in [0, 0.1) is 12.8 Å². The third-order valence-corrected chi connectivity index (χ3v) is 6.53. The lowest BCUT2D eigenvalue weighted by molar-refractivity contribution is -0.125. The maximum atomic E-state index is 12.8. The molecule has 0 bridgehead atoms. The van der Waals surface area contributed by atoms with E-state index in [4.69, 9.17) is 34.8 Å². The molecule has 3 rings (SSSR count). The van der Waals surface area contributed by atoms with E-state index < -0.39 is 0 Å². The molecule has 0 saturated carbocycles. The molecular weight excluding hydrogens is 463 g/mol. The van der Waals surface area contributed by atoms with E-state index in [0.717, 1.165) is 53.9 Å². The van der Waals surface area contributed by atoms with E-state index in [2.05, 4.69) is 29.8 Å². The monoisotopic (exact) mass is 490 g/mol. The van der Waals surface area contributed by atoms with Gasteiger partial charge in [0.2, 0.25) is 5.91 Å². The molecule has 0 unspecified atom stereocenters. The SMILES string of the molecule is CCCC(CCC)C(=O)NCc1cc(-c2ccc(Cl)cc2)n(-c2ccc(Cl)cc2Cl)c1C. The van der Waals surface area contributed by atoms with Gasteiger partial charge in [-0.05, 0) is 67.3 Å². The van der Waals surface area contributed by atoms with Gasteiger partial charge in [-0.3, -0.25) is 4.79 Å². The number of carbonyl (C=O) groups excluding carboxylic acids is 1. The third kappa shape index (κ3) is 5.70. The molecule has 0 aliphatic rings. The summed E-state index contributed by atoms with van der Waals surface area (Å²) < 4.78 is 2.11. The minimum Gasteiger partial charge on any atom is -0.352 e. The molecule has 0 aliphatic heterocycles. The Morgan fingerprint density at radius 2 is 1.56 bits per heavy atom. The predicted octanol–water partition coefficient (Wildman–Crippen LogP) is 8.25. The van der Waals surface area contributed by atoms with Crippen LogP contribution in [-0.2, 0) is 11.3 Å². The van der Waals surface area contributed by atoms with Crippen LogP contribution in [0.5, 0.6) is 0 Å². The van der Waals surface area contributed by atoms with E-state index in [-0.39, 0.29) is 11.8 Å². The lowest BCUT2D eigenvalue weighted by atomic mass is 9.97. The average molecular weight is 492 g/mol. The van der Waals surface area contributed by atoms with E-state index in [1.54, 1.807) is 6.07 Å². The van der Waals surface area contributed by atoms with Gasteiger partial charge in [0.1, 0.15) is 0 Å². The van der Waals surface area contributed by atoms with Gasteiger partial charge in [-0.2, -0.15) is 0 Å². The third-order valence-electron chi connectivity index (χ3n) is 5.74. The van der Waals surface area contributed by atoms with E-state index in [1.165, 1.54) is 0 Å². The molecule has 1 N–H and O–H groups in total. The van der Waals surface area contributed by atoms with E-state index in [0.29, 0.717) is 21.6 Å². The summed E-state index contributed by atoms with van der Waals surface area (Å²) >= 11 is 18.8. The number of hydrogen-bond acceptors (Lipinski definition) is 1. The normalized spacial score (nSPS) is 11.2. The Balaban J connectivity index is 1.99. The van der Waals surface area contributed by atoms with E-state index in [1.807, 2.05) is 43.3 Å². The Morgan fingerprint density at radius 3 is 2.16 bits per heavy atom. The van der Waals surface area contributed by atoms with Gasteiger partial charge in [0.05, 0.1) is 16.4 Å². The van der Waals surface area contributed by atoms with Gasteiger partial charge in [0, 0.05) is 28.2 Å². The fourth-order valence-electron chi connectivity index (χ4n) is 4.07.